The van der Waals surface area contributed by atoms with E-state index in [1.807, 2.05) is 44.2 Å². The van der Waals surface area contributed by atoms with E-state index in [1.165, 1.54) is 6.92 Å². The van der Waals surface area contributed by atoms with E-state index >= 15 is 0 Å². The van der Waals surface area contributed by atoms with Crippen molar-refractivity contribution in [1.29, 1.82) is 0 Å². The zero-order valence-corrected chi connectivity index (χ0v) is 19.0. The number of esters is 1. The fourth-order valence-electron chi connectivity index (χ4n) is 4.34. The first-order valence-corrected chi connectivity index (χ1v) is 10.9. The minimum Gasteiger partial charge on any atom is -0.462 e. The zero-order valence-electron chi connectivity index (χ0n) is 19.0. The van der Waals surface area contributed by atoms with Crippen molar-refractivity contribution in [3.8, 4) is 0 Å². The summed E-state index contributed by atoms with van der Waals surface area (Å²) in [5, 5.41) is 2.97. The molecule has 0 saturated heterocycles. The van der Waals surface area contributed by atoms with Crippen molar-refractivity contribution in [2.75, 3.05) is 11.5 Å². The number of fused-ring (bicyclic) bond motifs is 1. The fraction of sp³-hybridized carbons (Fsp3) is 0.400. The molecule has 1 N–H and O–H groups in total. The quantitative estimate of drug-likeness (QED) is 0.666. The smallest absolute Gasteiger partial charge is 0.407 e. The number of nitrogens with one attached hydrogen (secondary N) is 1. The molecule has 1 heterocycles. The van der Waals surface area contributed by atoms with Crippen molar-refractivity contribution in [2.45, 2.75) is 52.8 Å². The van der Waals surface area contributed by atoms with Gasteiger partial charge in [-0.1, -0.05) is 44.2 Å². The number of nitrogens with zero attached hydrogens (tertiary/aromatic N) is 1. The van der Waals surface area contributed by atoms with E-state index in [0.717, 1.165) is 12.0 Å². The molecule has 7 heteroatoms. The predicted octanol–water partition coefficient (Wildman–Crippen LogP) is 4.61. The van der Waals surface area contributed by atoms with Crippen LogP contribution in [0.5, 0.6) is 0 Å². The van der Waals surface area contributed by atoms with Crippen molar-refractivity contribution in [3.05, 3.63) is 65.2 Å². The standard InChI is InChI=1S/C25H30N2O5/c1-5-21-16(3)23(26-25(30)32-15-18-10-8-7-9-11-18)20-14-19(24(29)31-6-2)12-13-22(20)27(21)17(4)28/h7-14,16,21,23H,5-6,15H2,1-4H3,(H,26,30)/t16-,21?,23?/m0/s1. The lowest BCUT2D eigenvalue weighted by Gasteiger charge is -2.45. The minimum atomic E-state index is -0.552. The first-order valence-electron chi connectivity index (χ1n) is 10.9. The maximum absolute atomic E-state index is 12.7. The molecule has 32 heavy (non-hydrogen) atoms. The fourth-order valence-corrected chi connectivity index (χ4v) is 4.34. The molecule has 2 aromatic carbocycles. The van der Waals surface area contributed by atoms with Crippen LogP contribution in [0.2, 0.25) is 0 Å². The van der Waals surface area contributed by atoms with Gasteiger partial charge in [0, 0.05) is 24.6 Å². The minimum absolute atomic E-state index is 0.0843. The highest BCUT2D eigenvalue weighted by Crippen LogP contribution is 2.42. The number of amides is 2. The highest BCUT2D eigenvalue weighted by molar-refractivity contribution is 5.96. The Morgan fingerprint density at radius 2 is 1.75 bits per heavy atom. The lowest BCUT2D eigenvalue weighted by atomic mass is 9.80. The molecule has 0 radical (unpaired) electrons. The number of hydrogen-bond donors (Lipinski definition) is 1. The van der Waals surface area contributed by atoms with Crippen LogP contribution in [0.3, 0.4) is 0 Å². The molecule has 1 aliphatic heterocycles. The number of rotatable bonds is 6. The second-order valence-corrected chi connectivity index (χ2v) is 7.90. The van der Waals surface area contributed by atoms with Gasteiger partial charge in [-0.2, -0.15) is 0 Å². The van der Waals surface area contributed by atoms with Crippen molar-refractivity contribution in [3.63, 3.8) is 0 Å². The lowest BCUT2D eigenvalue weighted by molar-refractivity contribution is -0.117. The van der Waals surface area contributed by atoms with Crippen LogP contribution in [-0.2, 0) is 20.9 Å². The van der Waals surface area contributed by atoms with E-state index in [9.17, 15) is 14.4 Å². The Kier molecular flexibility index (Phi) is 7.51. The monoisotopic (exact) mass is 438 g/mol. The molecule has 3 rings (SSSR count). The number of alkyl carbamates (subject to hydrolysis) is 1. The van der Waals surface area contributed by atoms with Crippen LogP contribution in [0.1, 0.15) is 61.6 Å². The summed E-state index contributed by atoms with van der Waals surface area (Å²) < 4.78 is 10.6. The molecular formula is C25H30N2O5. The molecule has 0 aliphatic carbocycles. The number of ether oxygens (including phenoxy) is 2. The van der Waals surface area contributed by atoms with Gasteiger partial charge in [-0.05, 0) is 42.7 Å². The molecule has 0 fully saturated rings. The summed E-state index contributed by atoms with van der Waals surface area (Å²) in [5.74, 6) is -0.627. The van der Waals surface area contributed by atoms with Crippen molar-refractivity contribution < 1.29 is 23.9 Å². The summed E-state index contributed by atoms with van der Waals surface area (Å²) in [6, 6.07) is 14.0. The number of benzene rings is 2. The highest BCUT2D eigenvalue weighted by atomic mass is 16.5. The predicted molar refractivity (Wildman–Crippen MR) is 121 cm³/mol. The van der Waals surface area contributed by atoms with Crippen molar-refractivity contribution in [1.82, 2.24) is 5.32 Å². The molecule has 0 bridgehead atoms. The third-order valence-corrected chi connectivity index (χ3v) is 5.84. The molecule has 1 aliphatic rings. The topological polar surface area (TPSA) is 84.9 Å². The average molecular weight is 439 g/mol. The normalized spacial score (nSPS) is 19.6. The van der Waals surface area contributed by atoms with Crippen molar-refractivity contribution >= 4 is 23.7 Å². The van der Waals surface area contributed by atoms with Gasteiger partial charge in [0.05, 0.1) is 18.2 Å². The molecule has 0 aromatic heterocycles. The van der Waals surface area contributed by atoms with E-state index in [4.69, 9.17) is 9.47 Å². The number of carbonyl (C=O) groups excluding carboxylic acids is 3. The third kappa shape index (κ3) is 4.93. The van der Waals surface area contributed by atoms with Gasteiger partial charge in [-0.15, -0.1) is 0 Å². The molecule has 2 unspecified atom stereocenters. The van der Waals surface area contributed by atoms with E-state index in [2.05, 4.69) is 5.32 Å². The Morgan fingerprint density at radius 3 is 2.38 bits per heavy atom. The van der Waals surface area contributed by atoms with Crippen LogP contribution in [0, 0.1) is 5.92 Å². The van der Waals surface area contributed by atoms with Crippen LogP contribution in [0.15, 0.2) is 48.5 Å². The van der Waals surface area contributed by atoms with Gasteiger partial charge < -0.3 is 19.7 Å². The zero-order chi connectivity index (χ0) is 23.3. The van der Waals surface area contributed by atoms with Crippen LogP contribution in [-0.4, -0.2) is 30.6 Å². The number of hydrogen-bond acceptors (Lipinski definition) is 5. The summed E-state index contributed by atoms with van der Waals surface area (Å²) in [5.41, 5.74) is 2.64. The molecule has 2 amide bonds. The summed E-state index contributed by atoms with van der Waals surface area (Å²) in [6.45, 7) is 7.69. The van der Waals surface area contributed by atoms with Crippen LogP contribution >= 0.6 is 0 Å². The number of carbonyl (C=O) groups is 3. The maximum Gasteiger partial charge on any atom is 0.407 e. The second kappa shape index (κ2) is 10.3. The van der Waals surface area contributed by atoms with Gasteiger partial charge in [0.1, 0.15) is 6.61 Å². The van der Waals surface area contributed by atoms with Gasteiger partial charge in [-0.25, -0.2) is 9.59 Å². The maximum atomic E-state index is 12.7. The Hall–Kier alpha value is -3.35. The Labute approximate surface area is 188 Å². The first kappa shape index (κ1) is 23.3. The molecule has 3 atom stereocenters. The Bertz CT molecular complexity index is 976. The van der Waals surface area contributed by atoms with E-state index in [0.29, 0.717) is 16.8 Å². The lowest BCUT2D eigenvalue weighted by Crippen LogP contribution is -2.51. The van der Waals surface area contributed by atoms with Gasteiger partial charge in [-0.3, -0.25) is 4.79 Å². The van der Waals surface area contributed by atoms with Crippen molar-refractivity contribution in [2.24, 2.45) is 5.92 Å². The van der Waals surface area contributed by atoms with Crippen LogP contribution in [0.4, 0.5) is 10.5 Å². The molecule has 0 spiro atoms. The van der Waals surface area contributed by atoms with Gasteiger partial charge in [0.25, 0.3) is 0 Å². The largest absolute Gasteiger partial charge is 0.462 e. The molecule has 170 valence electrons. The Morgan fingerprint density at radius 1 is 1.03 bits per heavy atom. The average Bonchev–Trinajstić information content (AvgIpc) is 2.79. The Balaban J connectivity index is 1.92. The second-order valence-electron chi connectivity index (χ2n) is 7.90. The number of anilines is 1. The van der Waals surface area contributed by atoms with Crippen LogP contribution in [0.25, 0.3) is 0 Å². The summed E-state index contributed by atoms with van der Waals surface area (Å²) in [7, 11) is 0. The summed E-state index contributed by atoms with van der Waals surface area (Å²) in [6.07, 6.45) is 0.168. The SMILES string of the molecule is CCOC(=O)c1ccc2c(c1)C(NC(=O)OCc1ccccc1)[C@@H](C)C(CC)N2C(C)=O. The van der Waals surface area contributed by atoms with E-state index in [1.54, 1.807) is 30.0 Å². The summed E-state index contributed by atoms with van der Waals surface area (Å²) in [4.78, 5) is 39.2. The highest BCUT2D eigenvalue weighted by Gasteiger charge is 2.40. The van der Waals surface area contributed by atoms with E-state index < -0.39 is 18.1 Å². The molecule has 2 aromatic rings. The van der Waals surface area contributed by atoms with Crippen LogP contribution < -0.4 is 10.2 Å². The first-order chi connectivity index (χ1) is 15.4. The molecule has 0 saturated carbocycles. The van der Waals surface area contributed by atoms with Gasteiger partial charge in [0.15, 0.2) is 0 Å². The molecular weight excluding hydrogens is 408 g/mol. The van der Waals surface area contributed by atoms with Gasteiger partial charge >= 0.3 is 12.1 Å². The van der Waals surface area contributed by atoms with E-state index in [-0.39, 0.29) is 31.1 Å². The summed E-state index contributed by atoms with van der Waals surface area (Å²) >= 11 is 0. The molecule has 7 nitrogen and oxygen atoms in total. The van der Waals surface area contributed by atoms with Gasteiger partial charge in [0.2, 0.25) is 5.91 Å². The third-order valence-electron chi connectivity index (χ3n) is 5.84.